The summed E-state index contributed by atoms with van der Waals surface area (Å²) in [4.78, 5) is 43.0. The molecular formula is C44H65FN6O6. The predicted molar refractivity (Wildman–Crippen MR) is 218 cm³/mol. The van der Waals surface area contributed by atoms with Crippen LogP contribution in [0.4, 0.5) is 4.39 Å². The number of pyridine rings is 1. The summed E-state index contributed by atoms with van der Waals surface area (Å²) in [7, 11) is 9.26. The van der Waals surface area contributed by atoms with E-state index in [1.807, 2.05) is 68.3 Å². The van der Waals surface area contributed by atoms with Crippen molar-refractivity contribution < 1.29 is 33.8 Å². The van der Waals surface area contributed by atoms with Crippen molar-refractivity contribution in [1.29, 1.82) is 0 Å². The number of benzene rings is 1. The highest BCUT2D eigenvalue weighted by Crippen LogP contribution is 2.42. The van der Waals surface area contributed by atoms with Gasteiger partial charge in [-0.3, -0.25) is 19.4 Å². The molecule has 57 heavy (non-hydrogen) atoms. The van der Waals surface area contributed by atoms with Gasteiger partial charge in [0.1, 0.15) is 23.7 Å². The van der Waals surface area contributed by atoms with E-state index in [4.69, 9.17) is 9.57 Å². The second kappa shape index (κ2) is 19.7. The summed E-state index contributed by atoms with van der Waals surface area (Å²) >= 11 is 0. The number of rotatable bonds is 16. The van der Waals surface area contributed by atoms with Crippen molar-refractivity contribution in [2.24, 2.45) is 23.7 Å². The second-order valence-corrected chi connectivity index (χ2v) is 17.1. The van der Waals surface area contributed by atoms with Gasteiger partial charge >= 0.3 is 0 Å². The quantitative estimate of drug-likeness (QED) is 0.193. The van der Waals surface area contributed by atoms with Gasteiger partial charge in [-0.15, -0.1) is 0 Å². The summed E-state index contributed by atoms with van der Waals surface area (Å²) in [6, 6.07) is 7.54. The number of carbonyl (C=O) groups is 2. The molecular weight excluding hydrogens is 728 g/mol. The number of allylic oxidation sites excluding steroid dienone is 2. The average Bonchev–Trinajstić information content (AvgIpc) is 3.55. The molecule has 2 aromatic rings. The first-order chi connectivity index (χ1) is 27.1. The highest BCUT2D eigenvalue weighted by atomic mass is 19.1. The van der Waals surface area contributed by atoms with Crippen LogP contribution in [0.25, 0.3) is 0 Å². The molecule has 1 aromatic heterocycles. The minimum absolute atomic E-state index is 0.0606. The molecule has 9 atom stereocenters. The highest BCUT2D eigenvalue weighted by molar-refractivity contribution is 5.97. The Hall–Kier alpha value is -3.88. The van der Waals surface area contributed by atoms with Crippen LogP contribution in [0.2, 0.25) is 0 Å². The maximum absolute atomic E-state index is 16.1. The number of methoxy groups -OCH3 is 1. The number of hydrogen-bond acceptors (Lipinski definition) is 10. The van der Waals surface area contributed by atoms with Gasteiger partial charge in [0.2, 0.25) is 5.91 Å². The number of nitrogens with zero attached hydrogens (tertiary/aromatic N) is 4. The molecule has 1 aromatic carbocycles. The van der Waals surface area contributed by atoms with Gasteiger partial charge < -0.3 is 35.4 Å². The molecule has 5 rings (SSSR count). The number of likely N-dealkylation sites (N-methyl/N-ethyl adjacent to an activating group) is 1. The summed E-state index contributed by atoms with van der Waals surface area (Å²) in [5.41, 5.74) is 3.12. The zero-order valence-corrected chi connectivity index (χ0v) is 35.2. The third-order valence-electron chi connectivity index (χ3n) is 12.1. The number of hydrogen-bond donors (Lipinski definition) is 4. The van der Waals surface area contributed by atoms with Crippen molar-refractivity contribution in [2.45, 2.75) is 103 Å². The first kappa shape index (κ1) is 44.2. The lowest BCUT2D eigenvalue weighted by molar-refractivity contribution is -0.182. The molecule has 2 fully saturated rings. The normalized spacial score (nSPS) is 26.5. The van der Waals surface area contributed by atoms with Crippen LogP contribution in [-0.2, 0) is 27.4 Å². The molecule has 13 heteroatoms. The minimum atomic E-state index is -1.00. The number of aliphatic hydroxyl groups is 2. The van der Waals surface area contributed by atoms with Crippen molar-refractivity contribution in [3.05, 3.63) is 82.6 Å². The van der Waals surface area contributed by atoms with Crippen molar-refractivity contribution in [1.82, 2.24) is 30.5 Å². The van der Waals surface area contributed by atoms with E-state index >= 15 is 4.39 Å². The van der Waals surface area contributed by atoms with E-state index in [9.17, 15) is 19.8 Å². The van der Waals surface area contributed by atoms with Gasteiger partial charge in [-0.25, -0.2) is 4.39 Å². The standard InChI is InChI=1S/C44H65FN6O6/c1-26(2)29-14-13-27(3)38(21-29)48-44(55)41-40(28(4)53)39(25-52)57-51(41)24-36-37(45)16-15-35(42(36)56-9)30-18-31(20-34(19-30)50(7)8)43(54)47-33(23-49(5)6)22-32-12-10-11-17-46-32/h10-12,15-18,20,26-30,33,38-41,52-53H,13-14,19,21-25H2,1-9H3,(H,47,54)(H,48,55)/t27-,28-,29-,30?,33-,38-,39-,40+,41-/m0/s1. The fraction of sp³-hybridized carbons (Fsp3) is 0.614. The largest absolute Gasteiger partial charge is 0.496 e. The van der Waals surface area contributed by atoms with Crippen LogP contribution in [0, 0.1) is 29.5 Å². The molecule has 0 spiro atoms. The molecule has 3 aliphatic rings. The summed E-state index contributed by atoms with van der Waals surface area (Å²) in [6.07, 6.45) is 7.70. The molecule has 2 amide bonds. The lowest BCUT2D eigenvalue weighted by Gasteiger charge is -2.38. The summed E-state index contributed by atoms with van der Waals surface area (Å²) < 4.78 is 22.1. The first-order valence-corrected chi connectivity index (χ1v) is 20.4. The maximum atomic E-state index is 16.1. The Bertz CT molecular complexity index is 1730. The van der Waals surface area contributed by atoms with Gasteiger partial charge in [-0.2, -0.15) is 5.06 Å². The maximum Gasteiger partial charge on any atom is 0.251 e. The van der Waals surface area contributed by atoms with Crippen molar-refractivity contribution in [2.75, 3.05) is 48.5 Å². The van der Waals surface area contributed by atoms with E-state index < -0.39 is 36.6 Å². The Morgan fingerprint density at radius 1 is 1.12 bits per heavy atom. The molecule has 1 saturated heterocycles. The van der Waals surface area contributed by atoms with Gasteiger partial charge in [0.25, 0.3) is 5.91 Å². The molecule has 1 aliphatic heterocycles. The van der Waals surface area contributed by atoms with Crippen molar-refractivity contribution in [3.8, 4) is 5.75 Å². The first-order valence-electron chi connectivity index (χ1n) is 20.4. The van der Waals surface area contributed by atoms with Crippen molar-refractivity contribution >= 4 is 11.8 Å². The van der Waals surface area contributed by atoms with E-state index in [0.717, 1.165) is 30.7 Å². The van der Waals surface area contributed by atoms with Crippen LogP contribution in [0.5, 0.6) is 5.75 Å². The van der Waals surface area contributed by atoms with Crippen molar-refractivity contribution in [3.63, 3.8) is 0 Å². The summed E-state index contributed by atoms with van der Waals surface area (Å²) in [5.74, 6) is -0.717. The van der Waals surface area contributed by atoms with Crippen LogP contribution in [0.1, 0.15) is 76.1 Å². The SMILES string of the molecule is COc1c(C2C=C(C(=O)N[C@@H](Cc3ccccn3)CN(C)C)C=C(N(C)C)C2)ccc(F)c1CN1O[C@@H](CO)[C@@H]([C@H](C)O)[C@H]1C(=O)N[C@H]1C[C@@H](C(C)C)CC[C@@H]1C. The summed E-state index contributed by atoms with van der Waals surface area (Å²) in [6.45, 7) is 8.15. The number of halogens is 1. The number of aliphatic hydroxyl groups excluding tert-OH is 2. The fourth-order valence-electron chi connectivity index (χ4n) is 8.85. The molecule has 0 bridgehead atoms. The van der Waals surface area contributed by atoms with Crippen LogP contribution in [0.15, 0.2) is 60.0 Å². The zero-order chi connectivity index (χ0) is 41.6. The Labute approximate surface area is 338 Å². The van der Waals surface area contributed by atoms with Gasteiger partial charge in [0, 0.05) is 85.3 Å². The molecule has 1 saturated carbocycles. The van der Waals surface area contributed by atoms with Crippen LogP contribution < -0.4 is 15.4 Å². The zero-order valence-electron chi connectivity index (χ0n) is 35.2. The van der Waals surface area contributed by atoms with Crippen LogP contribution >= 0.6 is 0 Å². The molecule has 12 nitrogen and oxygen atoms in total. The van der Waals surface area contributed by atoms with Gasteiger partial charge in [0.15, 0.2) is 0 Å². The van der Waals surface area contributed by atoms with E-state index in [1.54, 1.807) is 19.2 Å². The third kappa shape index (κ3) is 10.8. The molecule has 1 unspecified atom stereocenters. The number of amides is 2. The Morgan fingerprint density at radius 3 is 2.49 bits per heavy atom. The number of hydroxylamine groups is 2. The molecule has 2 heterocycles. The topological polar surface area (TPSA) is 140 Å². The number of aromatic nitrogens is 1. The van der Waals surface area contributed by atoms with E-state index in [1.165, 1.54) is 18.2 Å². The van der Waals surface area contributed by atoms with Gasteiger partial charge in [-0.1, -0.05) is 39.0 Å². The smallest absolute Gasteiger partial charge is 0.251 e. The second-order valence-electron chi connectivity index (χ2n) is 17.1. The molecule has 314 valence electrons. The molecule has 2 aliphatic carbocycles. The monoisotopic (exact) mass is 792 g/mol. The number of carbonyl (C=O) groups excluding carboxylic acids is 2. The summed E-state index contributed by atoms with van der Waals surface area (Å²) in [5, 5.41) is 29.2. The number of nitrogens with one attached hydrogen (secondary N) is 2. The van der Waals surface area contributed by atoms with Gasteiger partial charge in [-0.05, 0) is 88.7 Å². The van der Waals surface area contributed by atoms with Gasteiger partial charge in [0.05, 0.1) is 26.4 Å². The van der Waals surface area contributed by atoms with Crippen LogP contribution in [-0.4, -0.2) is 121 Å². The fourth-order valence-corrected chi connectivity index (χ4v) is 8.85. The van der Waals surface area contributed by atoms with E-state index in [0.29, 0.717) is 42.4 Å². The lowest BCUT2D eigenvalue weighted by atomic mass is 9.74. The molecule has 0 radical (unpaired) electrons. The van der Waals surface area contributed by atoms with Crippen LogP contribution in [0.3, 0.4) is 0 Å². The average molecular weight is 793 g/mol. The number of ether oxygens (including phenoxy) is 1. The van der Waals surface area contributed by atoms with E-state index in [-0.39, 0.29) is 53.6 Å². The Kier molecular flexibility index (Phi) is 15.3. The predicted octanol–water partition coefficient (Wildman–Crippen LogP) is 4.43. The Morgan fingerprint density at radius 2 is 1.88 bits per heavy atom. The Balaban J connectivity index is 1.45. The minimum Gasteiger partial charge on any atom is -0.496 e. The van der Waals surface area contributed by atoms with E-state index in [2.05, 4.69) is 36.4 Å². The lowest BCUT2D eigenvalue weighted by Crippen LogP contribution is -2.53. The third-order valence-corrected chi connectivity index (χ3v) is 12.1. The highest BCUT2D eigenvalue weighted by Gasteiger charge is 2.50. The molecule has 4 N–H and O–H groups in total.